The Morgan fingerprint density at radius 2 is 2.62 bits per heavy atom. The van der Waals surface area contributed by atoms with Crippen molar-refractivity contribution in [2.24, 2.45) is 0 Å². The van der Waals surface area contributed by atoms with Crippen LogP contribution in [0.4, 0.5) is 0 Å². The van der Waals surface area contributed by atoms with Gasteiger partial charge in [-0.25, -0.2) is 4.79 Å². The van der Waals surface area contributed by atoms with Gasteiger partial charge in [0.2, 0.25) is 5.16 Å². The summed E-state index contributed by atoms with van der Waals surface area (Å²) in [5.74, 6) is -0.505. The molecule has 0 atom stereocenters. The van der Waals surface area contributed by atoms with E-state index in [1.54, 1.807) is 6.26 Å². The molecule has 0 unspecified atom stereocenters. The SMILES string of the molecule is CSc1noc(=O)[nH]1. The lowest BCUT2D eigenvalue weighted by molar-refractivity contribution is 0.376. The van der Waals surface area contributed by atoms with Gasteiger partial charge in [0.15, 0.2) is 0 Å². The van der Waals surface area contributed by atoms with E-state index in [-0.39, 0.29) is 0 Å². The molecule has 0 aliphatic heterocycles. The van der Waals surface area contributed by atoms with Gasteiger partial charge in [0.05, 0.1) is 0 Å². The second kappa shape index (κ2) is 2.04. The molecule has 4 nitrogen and oxygen atoms in total. The Bertz CT molecular complexity index is 215. The Morgan fingerprint density at radius 3 is 2.88 bits per heavy atom. The van der Waals surface area contributed by atoms with Crippen LogP contribution in [0.3, 0.4) is 0 Å². The third-order valence-corrected chi connectivity index (χ3v) is 1.18. The minimum Gasteiger partial charge on any atom is -0.295 e. The first-order chi connectivity index (χ1) is 3.83. The van der Waals surface area contributed by atoms with Crippen LogP contribution in [-0.4, -0.2) is 16.4 Å². The molecule has 0 saturated carbocycles. The van der Waals surface area contributed by atoms with Crippen molar-refractivity contribution in [3.63, 3.8) is 0 Å². The van der Waals surface area contributed by atoms with Gasteiger partial charge in [-0.1, -0.05) is 11.8 Å². The number of H-pyrrole nitrogens is 1. The summed E-state index contributed by atoms with van der Waals surface area (Å²) in [5, 5.41) is 3.86. The van der Waals surface area contributed by atoms with Gasteiger partial charge in [-0.15, -0.1) is 0 Å². The van der Waals surface area contributed by atoms with Crippen molar-refractivity contribution in [1.82, 2.24) is 10.1 Å². The predicted molar refractivity (Wildman–Crippen MR) is 28.9 cm³/mol. The molecule has 0 radical (unpaired) electrons. The molecular formula is C3H4N2O2S. The van der Waals surface area contributed by atoms with E-state index in [0.29, 0.717) is 5.16 Å². The van der Waals surface area contributed by atoms with Crippen molar-refractivity contribution in [3.05, 3.63) is 10.6 Å². The molecule has 1 rings (SSSR count). The minimum absolute atomic E-state index is 0.505. The second-order valence-corrected chi connectivity index (χ2v) is 1.90. The molecule has 0 aliphatic rings. The fourth-order valence-electron chi connectivity index (χ4n) is 0.304. The Balaban J connectivity index is 3.01. The number of aromatic nitrogens is 2. The Labute approximate surface area is 49.3 Å². The van der Waals surface area contributed by atoms with Crippen LogP contribution in [0.25, 0.3) is 0 Å². The van der Waals surface area contributed by atoms with Crippen LogP contribution in [0.5, 0.6) is 0 Å². The molecule has 1 N–H and O–H groups in total. The van der Waals surface area contributed by atoms with Gasteiger partial charge < -0.3 is 0 Å². The molecule has 0 bridgehead atoms. The van der Waals surface area contributed by atoms with Gasteiger partial charge in [0.25, 0.3) is 0 Å². The van der Waals surface area contributed by atoms with E-state index < -0.39 is 5.76 Å². The third-order valence-electron chi connectivity index (χ3n) is 0.614. The average Bonchev–Trinajstić information content (AvgIpc) is 2.14. The van der Waals surface area contributed by atoms with Crippen LogP contribution in [0.1, 0.15) is 0 Å². The van der Waals surface area contributed by atoms with Gasteiger partial charge in [0.1, 0.15) is 0 Å². The van der Waals surface area contributed by atoms with E-state index >= 15 is 0 Å². The summed E-state index contributed by atoms with van der Waals surface area (Å²) >= 11 is 1.33. The van der Waals surface area contributed by atoms with Gasteiger partial charge in [0, 0.05) is 0 Å². The maximum atomic E-state index is 10.2. The molecule has 0 amide bonds. The number of thioether (sulfide) groups is 1. The first-order valence-electron chi connectivity index (χ1n) is 1.93. The lowest BCUT2D eigenvalue weighted by Crippen LogP contribution is -1.93. The zero-order valence-corrected chi connectivity index (χ0v) is 4.99. The normalized spacial score (nSPS) is 9.62. The summed E-state index contributed by atoms with van der Waals surface area (Å²) in [5.41, 5.74) is 0. The largest absolute Gasteiger partial charge is 0.439 e. The van der Waals surface area contributed by atoms with Crippen LogP contribution in [-0.2, 0) is 0 Å². The van der Waals surface area contributed by atoms with Crippen LogP contribution in [0.2, 0.25) is 0 Å². The Morgan fingerprint density at radius 1 is 1.88 bits per heavy atom. The molecule has 0 fully saturated rings. The van der Waals surface area contributed by atoms with Gasteiger partial charge in [-0.2, -0.15) is 0 Å². The first kappa shape index (κ1) is 5.43. The van der Waals surface area contributed by atoms with Crippen molar-refractivity contribution in [2.45, 2.75) is 5.16 Å². The molecule has 44 valence electrons. The smallest absolute Gasteiger partial charge is 0.295 e. The van der Waals surface area contributed by atoms with Crippen LogP contribution in [0, 0.1) is 0 Å². The zero-order valence-electron chi connectivity index (χ0n) is 4.17. The van der Waals surface area contributed by atoms with E-state index in [1.807, 2.05) is 0 Å². The summed E-state index contributed by atoms with van der Waals surface area (Å²) in [7, 11) is 0. The molecule has 1 aromatic heterocycles. The lowest BCUT2D eigenvalue weighted by atomic mass is 11.3. The van der Waals surface area contributed by atoms with Crippen LogP contribution >= 0.6 is 11.8 Å². The maximum Gasteiger partial charge on any atom is 0.439 e. The van der Waals surface area contributed by atoms with Gasteiger partial charge in [-0.05, 0) is 11.4 Å². The third kappa shape index (κ3) is 0.919. The highest BCUT2D eigenvalue weighted by Gasteiger charge is 1.93. The summed E-state index contributed by atoms with van der Waals surface area (Å²) in [4.78, 5) is 12.5. The van der Waals surface area contributed by atoms with E-state index in [1.165, 1.54) is 11.8 Å². The molecule has 0 saturated heterocycles. The quantitative estimate of drug-likeness (QED) is 0.550. The number of hydrogen-bond donors (Lipinski definition) is 1. The van der Waals surface area contributed by atoms with E-state index in [0.717, 1.165) is 0 Å². The molecule has 0 spiro atoms. The van der Waals surface area contributed by atoms with Crippen LogP contribution in [0.15, 0.2) is 14.5 Å². The summed E-state index contributed by atoms with van der Waals surface area (Å²) in [6, 6.07) is 0. The molecular weight excluding hydrogens is 128 g/mol. The molecule has 5 heteroatoms. The zero-order chi connectivity index (χ0) is 5.98. The highest BCUT2D eigenvalue weighted by molar-refractivity contribution is 7.98. The van der Waals surface area contributed by atoms with Gasteiger partial charge >= 0.3 is 5.76 Å². The van der Waals surface area contributed by atoms with Gasteiger partial charge in [-0.3, -0.25) is 9.51 Å². The van der Waals surface area contributed by atoms with Crippen molar-refractivity contribution >= 4 is 11.8 Å². The van der Waals surface area contributed by atoms with Crippen molar-refractivity contribution < 1.29 is 4.52 Å². The van der Waals surface area contributed by atoms with Crippen molar-refractivity contribution in [3.8, 4) is 0 Å². The first-order valence-corrected chi connectivity index (χ1v) is 3.15. The average molecular weight is 132 g/mol. The molecule has 1 aromatic rings. The predicted octanol–water partition coefficient (Wildman–Crippen LogP) is 0.0848. The number of aromatic amines is 1. The monoisotopic (exact) mass is 132 g/mol. The summed E-state index contributed by atoms with van der Waals surface area (Å²) in [6.07, 6.45) is 1.80. The molecule has 8 heavy (non-hydrogen) atoms. The summed E-state index contributed by atoms with van der Waals surface area (Å²) in [6.45, 7) is 0. The van der Waals surface area contributed by atoms with Crippen molar-refractivity contribution in [1.29, 1.82) is 0 Å². The number of rotatable bonds is 1. The lowest BCUT2D eigenvalue weighted by Gasteiger charge is -1.74. The number of nitrogens with zero attached hydrogens (tertiary/aromatic N) is 1. The Kier molecular flexibility index (Phi) is 1.38. The van der Waals surface area contributed by atoms with E-state index in [4.69, 9.17) is 0 Å². The maximum absolute atomic E-state index is 10.2. The topological polar surface area (TPSA) is 58.9 Å². The fourth-order valence-corrected chi connectivity index (χ4v) is 0.601. The second-order valence-electron chi connectivity index (χ2n) is 1.10. The van der Waals surface area contributed by atoms with E-state index in [9.17, 15) is 4.79 Å². The fraction of sp³-hybridized carbons (Fsp3) is 0.333. The minimum atomic E-state index is -0.505. The highest BCUT2D eigenvalue weighted by Crippen LogP contribution is 2.01. The van der Waals surface area contributed by atoms with Crippen LogP contribution < -0.4 is 5.76 Å². The molecule has 0 aliphatic carbocycles. The number of nitrogens with one attached hydrogen (secondary N) is 1. The molecule has 1 heterocycles. The molecule has 0 aromatic carbocycles. The number of hydrogen-bond acceptors (Lipinski definition) is 4. The highest BCUT2D eigenvalue weighted by atomic mass is 32.2. The standard InChI is InChI=1S/C3H4N2O2S/c1-8-2-4-3(6)7-5-2/h1H3,(H,4,5,6). The van der Waals surface area contributed by atoms with Crippen molar-refractivity contribution in [2.75, 3.05) is 6.26 Å². The summed E-state index contributed by atoms with van der Waals surface area (Å²) < 4.78 is 4.17. The van der Waals surface area contributed by atoms with E-state index in [2.05, 4.69) is 14.7 Å². The Hall–Kier alpha value is -0.710.